The fraction of sp³-hybridized carbons (Fsp3) is 0.854. The number of fused-ring (bicyclic) bond motifs is 4. The molecule has 262 valence electrons. The molecule has 2 spiro atoms. The molecule has 1 N–H and O–H groups in total. The number of rotatable bonds is 8. The van der Waals surface area contributed by atoms with Crippen molar-refractivity contribution in [3.63, 3.8) is 0 Å². The van der Waals surface area contributed by atoms with Crippen molar-refractivity contribution < 1.29 is 24.1 Å². The smallest absolute Gasteiger partial charge is 0.170 e. The molecule has 8 rings (SSSR count). The lowest BCUT2D eigenvalue weighted by atomic mass is 9.46. The van der Waals surface area contributed by atoms with E-state index in [1.165, 1.54) is 63.4 Å². The van der Waals surface area contributed by atoms with Gasteiger partial charge >= 0.3 is 0 Å². The molecule has 2 heterocycles. The molecule has 7 fully saturated rings. The Morgan fingerprint density at radius 3 is 2.51 bits per heavy atom. The lowest BCUT2D eigenvalue weighted by Gasteiger charge is -2.60. The normalized spacial score (nSPS) is 46.4. The Morgan fingerprint density at radius 1 is 0.957 bits per heavy atom. The summed E-state index contributed by atoms with van der Waals surface area (Å²) < 4.78 is 26.3. The van der Waals surface area contributed by atoms with E-state index < -0.39 is 5.60 Å². The monoisotopic (exact) mass is 649 g/mol. The molecule has 0 radical (unpaired) electrons. The first-order valence-electron chi connectivity index (χ1n) is 19.4. The van der Waals surface area contributed by atoms with Crippen LogP contribution < -0.4 is 0 Å². The Morgan fingerprint density at radius 2 is 1.74 bits per heavy atom. The molecule has 5 saturated carbocycles. The number of hydrogen-bond acceptors (Lipinski definition) is 6. The number of morpholine rings is 1. The van der Waals surface area contributed by atoms with Gasteiger partial charge < -0.3 is 24.1 Å². The number of ether oxygens (including phenoxy) is 4. The molecule has 2 saturated heterocycles. The van der Waals surface area contributed by atoms with Gasteiger partial charge in [-0.25, -0.2) is 0 Å². The molecule has 0 bridgehead atoms. The average molecular weight is 650 g/mol. The Kier molecular flexibility index (Phi) is 8.30. The molecule has 0 amide bonds. The average Bonchev–Trinajstić information content (AvgIpc) is 3.61. The summed E-state index contributed by atoms with van der Waals surface area (Å²) in [6.45, 7) is 17.7. The van der Waals surface area contributed by atoms with E-state index in [0.717, 1.165) is 50.4 Å². The minimum absolute atomic E-state index is 0.00782. The molecule has 6 heteroatoms. The van der Waals surface area contributed by atoms with Gasteiger partial charge in [0.05, 0.1) is 30.5 Å². The fourth-order valence-corrected chi connectivity index (χ4v) is 13.6. The first kappa shape index (κ1) is 33.1. The second-order valence-corrected chi connectivity index (χ2v) is 18.5. The molecule has 7 aliphatic rings. The third-order valence-electron chi connectivity index (χ3n) is 15.6. The maximum atomic E-state index is 11.0. The van der Waals surface area contributed by atoms with E-state index in [1.54, 1.807) is 0 Å². The Labute approximate surface area is 284 Å². The van der Waals surface area contributed by atoms with E-state index in [-0.39, 0.29) is 30.0 Å². The summed E-state index contributed by atoms with van der Waals surface area (Å²) in [6, 6.07) is 10.8. The minimum Gasteiger partial charge on any atom is -0.388 e. The highest BCUT2D eigenvalue weighted by molar-refractivity contribution is 5.29. The van der Waals surface area contributed by atoms with Crippen molar-refractivity contribution in [3.8, 4) is 0 Å². The zero-order valence-corrected chi connectivity index (χ0v) is 30.2. The largest absolute Gasteiger partial charge is 0.388 e. The highest BCUT2D eigenvalue weighted by atomic mass is 16.7. The van der Waals surface area contributed by atoms with Crippen LogP contribution in [0.2, 0.25) is 0 Å². The van der Waals surface area contributed by atoms with Crippen LogP contribution >= 0.6 is 0 Å². The number of hydrogen-bond donors (Lipinski definition) is 1. The van der Waals surface area contributed by atoms with Crippen molar-refractivity contribution >= 4 is 0 Å². The molecule has 47 heavy (non-hydrogen) atoms. The van der Waals surface area contributed by atoms with Gasteiger partial charge in [-0.2, -0.15) is 0 Å². The summed E-state index contributed by atoms with van der Waals surface area (Å²) in [6.07, 6.45) is 13.1. The molecule has 12 atom stereocenters. The summed E-state index contributed by atoms with van der Waals surface area (Å²) in [5.74, 6) is 2.99. The van der Waals surface area contributed by atoms with Gasteiger partial charge in [0, 0.05) is 26.2 Å². The van der Waals surface area contributed by atoms with E-state index in [2.05, 4.69) is 56.0 Å². The van der Waals surface area contributed by atoms with E-state index in [0.29, 0.717) is 34.9 Å². The van der Waals surface area contributed by atoms with Gasteiger partial charge in [-0.1, -0.05) is 51.1 Å². The zero-order chi connectivity index (χ0) is 32.8. The van der Waals surface area contributed by atoms with Gasteiger partial charge in [-0.3, -0.25) is 4.90 Å². The Hall–Kier alpha value is -1.02. The van der Waals surface area contributed by atoms with Crippen molar-refractivity contribution in [2.24, 2.45) is 45.3 Å². The zero-order valence-electron chi connectivity index (χ0n) is 30.2. The summed E-state index contributed by atoms with van der Waals surface area (Å²) in [5, 5.41) is 11.0. The van der Waals surface area contributed by atoms with Crippen LogP contribution in [0.4, 0.5) is 0 Å². The predicted molar refractivity (Wildman–Crippen MR) is 184 cm³/mol. The van der Waals surface area contributed by atoms with Crippen LogP contribution in [0, 0.1) is 45.3 Å². The molecule has 0 aromatic heterocycles. The quantitative estimate of drug-likeness (QED) is 0.313. The van der Waals surface area contributed by atoms with Gasteiger partial charge in [-0.05, 0) is 136 Å². The summed E-state index contributed by atoms with van der Waals surface area (Å²) in [4.78, 5) is 2.51. The van der Waals surface area contributed by atoms with Gasteiger partial charge in [0.15, 0.2) is 6.29 Å². The maximum absolute atomic E-state index is 11.0. The van der Waals surface area contributed by atoms with Crippen LogP contribution in [-0.4, -0.2) is 72.6 Å². The minimum atomic E-state index is -0.897. The van der Waals surface area contributed by atoms with E-state index in [1.807, 2.05) is 20.8 Å². The maximum Gasteiger partial charge on any atom is 0.170 e. The first-order chi connectivity index (χ1) is 22.4. The second-order valence-electron chi connectivity index (χ2n) is 18.5. The number of benzene rings is 1. The van der Waals surface area contributed by atoms with Crippen molar-refractivity contribution in [1.82, 2.24) is 4.90 Å². The van der Waals surface area contributed by atoms with Gasteiger partial charge in [0.1, 0.15) is 6.10 Å². The third kappa shape index (κ3) is 5.24. The van der Waals surface area contributed by atoms with Crippen molar-refractivity contribution in [1.29, 1.82) is 0 Å². The topological polar surface area (TPSA) is 60.4 Å². The van der Waals surface area contributed by atoms with Crippen molar-refractivity contribution in [2.75, 3.05) is 26.3 Å². The van der Waals surface area contributed by atoms with E-state index in [9.17, 15) is 5.11 Å². The van der Waals surface area contributed by atoms with Crippen LogP contribution in [0.1, 0.15) is 111 Å². The van der Waals surface area contributed by atoms with E-state index >= 15 is 0 Å². The fourth-order valence-electron chi connectivity index (χ4n) is 13.6. The third-order valence-corrected chi connectivity index (χ3v) is 15.6. The molecule has 1 aromatic carbocycles. The Bertz CT molecular complexity index is 1280. The molecule has 6 unspecified atom stereocenters. The second kappa shape index (κ2) is 11.8. The van der Waals surface area contributed by atoms with Gasteiger partial charge in [0.2, 0.25) is 0 Å². The standard InChI is InChI=1S/C41H63NO5/c1-7-44-36(38(4,5)43)31-15-13-29-32(46-31)23-30-28-14-16-33-37(2,3)34(17-18-41(33)26-40(28,41)20-19-39(29,30)6)47-35-25-42(21-22-45-35)24-27-11-9-8-10-12-27/h8-12,28-36,43H,7,13-26H2,1-6H3/t28?,29-,30?,31?,32?,33-,34-,35?,36-,39?,40-,41+/m0/s1. The molecular weight excluding hydrogens is 586 g/mol. The summed E-state index contributed by atoms with van der Waals surface area (Å²) in [5.41, 5.74) is 2.05. The highest BCUT2D eigenvalue weighted by Crippen LogP contribution is 2.87. The molecule has 6 nitrogen and oxygen atoms in total. The Balaban J connectivity index is 0.946. The first-order valence-corrected chi connectivity index (χ1v) is 19.4. The van der Waals surface area contributed by atoms with Crippen LogP contribution in [0.15, 0.2) is 30.3 Å². The molecule has 2 aliphatic heterocycles. The number of aliphatic hydroxyl groups is 1. The molecule has 1 aromatic rings. The number of nitrogens with zero attached hydrogens (tertiary/aromatic N) is 1. The van der Waals surface area contributed by atoms with Gasteiger partial charge in [0.25, 0.3) is 0 Å². The van der Waals surface area contributed by atoms with Crippen molar-refractivity contribution in [3.05, 3.63) is 35.9 Å². The van der Waals surface area contributed by atoms with E-state index in [4.69, 9.17) is 18.9 Å². The SMILES string of the molecule is CCO[C@@H](C1CC[C@H]2C(CC3C4CC[C@H]5C(C)(C)[C@@H](OC6CN(Cc7ccccc7)CCO6)CC[C@@]56C[C@@]46CCC32C)O1)C(C)(C)O. The molecular formula is C41H63NO5. The van der Waals surface area contributed by atoms with Crippen LogP contribution in [0.3, 0.4) is 0 Å². The van der Waals surface area contributed by atoms with Crippen LogP contribution in [0.5, 0.6) is 0 Å². The molecule has 5 aliphatic carbocycles. The highest BCUT2D eigenvalue weighted by Gasteiger charge is 2.80. The lowest BCUT2D eigenvalue weighted by Crippen LogP contribution is -2.56. The van der Waals surface area contributed by atoms with Gasteiger partial charge in [-0.15, -0.1) is 0 Å². The van der Waals surface area contributed by atoms with Crippen LogP contribution in [0.25, 0.3) is 0 Å². The predicted octanol–water partition coefficient (Wildman–Crippen LogP) is 7.61. The van der Waals surface area contributed by atoms with Crippen molar-refractivity contribution in [2.45, 2.75) is 149 Å². The van der Waals surface area contributed by atoms with Crippen LogP contribution in [-0.2, 0) is 25.5 Å². The summed E-state index contributed by atoms with van der Waals surface area (Å²) in [7, 11) is 0. The lowest BCUT2D eigenvalue weighted by molar-refractivity contribution is -0.246. The summed E-state index contributed by atoms with van der Waals surface area (Å²) >= 11 is 0.